The number of aromatic amines is 1. The van der Waals surface area contributed by atoms with Crippen LogP contribution in [0.2, 0.25) is 0 Å². The number of methoxy groups -OCH3 is 1. The number of aryl methyl sites for hydroxylation is 1. The fraction of sp³-hybridized carbons (Fsp3) is 0.154. The summed E-state index contributed by atoms with van der Waals surface area (Å²) in [5.74, 6) is -0.345. The minimum Gasteiger partial charge on any atom is -0.466 e. The van der Waals surface area contributed by atoms with Gasteiger partial charge in [0.15, 0.2) is 0 Å². The molecule has 3 nitrogen and oxygen atoms in total. The van der Waals surface area contributed by atoms with Crippen LogP contribution in [0, 0.1) is 6.92 Å². The second kappa shape index (κ2) is 4.23. The van der Waals surface area contributed by atoms with Gasteiger partial charge in [-0.05, 0) is 18.6 Å². The molecule has 3 heteroatoms. The topological polar surface area (TPSA) is 42.1 Å². The van der Waals surface area contributed by atoms with Crippen molar-refractivity contribution in [3.05, 3.63) is 41.6 Å². The lowest BCUT2D eigenvalue weighted by Crippen LogP contribution is -1.92. The molecule has 82 valence electrons. The molecule has 0 unspecified atom stereocenters. The number of H-pyrrole nitrogens is 1. The average molecular weight is 215 g/mol. The van der Waals surface area contributed by atoms with Crippen molar-refractivity contribution in [2.24, 2.45) is 0 Å². The maximum Gasteiger partial charge on any atom is 0.330 e. The Bertz CT molecular complexity index is 552. The summed E-state index contributed by atoms with van der Waals surface area (Å²) in [5.41, 5.74) is 3.28. The van der Waals surface area contributed by atoms with Crippen LogP contribution in [0.25, 0.3) is 17.0 Å². The summed E-state index contributed by atoms with van der Waals surface area (Å²) in [6.45, 7) is 2.05. The van der Waals surface area contributed by atoms with Crippen molar-refractivity contribution >= 4 is 22.9 Å². The zero-order valence-electron chi connectivity index (χ0n) is 9.28. The number of nitrogens with one attached hydrogen (secondary N) is 1. The maximum absolute atomic E-state index is 11.0. The van der Waals surface area contributed by atoms with E-state index >= 15 is 0 Å². The monoisotopic (exact) mass is 215 g/mol. The molecule has 0 bridgehead atoms. The van der Waals surface area contributed by atoms with E-state index in [0.29, 0.717) is 0 Å². The smallest absolute Gasteiger partial charge is 0.330 e. The first-order chi connectivity index (χ1) is 7.72. The van der Waals surface area contributed by atoms with E-state index in [1.165, 1.54) is 18.7 Å². The van der Waals surface area contributed by atoms with E-state index in [2.05, 4.69) is 9.72 Å². The van der Waals surface area contributed by atoms with Crippen molar-refractivity contribution in [1.82, 2.24) is 4.98 Å². The van der Waals surface area contributed by atoms with Gasteiger partial charge in [0.1, 0.15) is 0 Å². The Morgan fingerprint density at radius 3 is 3.00 bits per heavy atom. The second-order valence-corrected chi connectivity index (χ2v) is 3.60. The molecule has 0 radical (unpaired) electrons. The van der Waals surface area contributed by atoms with Crippen LogP contribution in [0.5, 0.6) is 0 Å². The molecule has 0 aliphatic rings. The summed E-state index contributed by atoms with van der Waals surface area (Å²) in [6.07, 6.45) is 5.06. The number of ether oxygens (including phenoxy) is 1. The summed E-state index contributed by atoms with van der Waals surface area (Å²) in [4.78, 5) is 14.2. The maximum atomic E-state index is 11.0. The van der Waals surface area contributed by atoms with Gasteiger partial charge in [-0.1, -0.05) is 18.2 Å². The number of carbonyl (C=O) groups is 1. The molecule has 0 amide bonds. The van der Waals surface area contributed by atoms with Crippen molar-refractivity contribution in [3.8, 4) is 0 Å². The highest BCUT2D eigenvalue weighted by Crippen LogP contribution is 2.22. The predicted octanol–water partition coefficient (Wildman–Crippen LogP) is 2.66. The van der Waals surface area contributed by atoms with Gasteiger partial charge in [-0.25, -0.2) is 4.79 Å². The Hall–Kier alpha value is -2.03. The van der Waals surface area contributed by atoms with Gasteiger partial charge in [0.2, 0.25) is 0 Å². The van der Waals surface area contributed by atoms with Gasteiger partial charge >= 0.3 is 5.97 Å². The lowest BCUT2D eigenvalue weighted by atomic mass is 10.1. The Labute approximate surface area is 93.7 Å². The highest BCUT2D eigenvalue weighted by molar-refractivity contribution is 5.94. The first kappa shape index (κ1) is 10.5. The van der Waals surface area contributed by atoms with E-state index in [1.807, 2.05) is 31.3 Å². The van der Waals surface area contributed by atoms with Gasteiger partial charge in [0.05, 0.1) is 7.11 Å². The van der Waals surface area contributed by atoms with Crippen LogP contribution in [-0.2, 0) is 9.53 Å². The van der Waals surface area contributed by atoms with E-state index in [4.69, 9.17) is 0 Å². The van der Waals surface area contributed by atoms with E-state index in [0.717, 1.165) is 16.5 Å². The standard InChI is InChI=1S/C13H13NO2/c1-9-4-3-5-11-10(8-14-13(9)11)6-7-12(15)16-2/h3-8,14H,1-2H3/b7-6+. The van der Waals surface area contributed by atoms with Gasteiger partial charge in [-0.3, -0.25) is 0 Å². The number of rotatable bonds is 2. The van der Waals surface area contributed by atoms with Crippen molar-refractivity contribution < 1.29 is 9.53 Å². The van der Waals surface area contributed by atoms with Crippen molar-refractivity contribution in [1.29, 1.82) is 0 Å². The number of fused-ring (bicyclic) bond motifs is 1. The summed E-state index contributed by atoms with van der Waals surface area (Å²) in [5, 5.41) is 1.11. The Morgan fingerprint density at radius 1 is 1.44 bits per heavy atom. The van der Waals surface area contributed by atoms with Gasteiger partial charge in [-0.15, -0.1) is 0 Å². The van der Waals surface area contributed by atoms with Crippen molar-refractivity contribution in [3.63, 3.8) is 0 Å². The first-order valence-corrected chi connectivity index (χ1v) is 5.05. The molecular weight excluding hydrogens is 202 g/mol. The van der Waals surface area contributed by atoms with Gasteiger partial charge in [0.25, 0.3) is 0 Å². The molecule has 0 saturated carbocycles. The van der Waals surface area contributed by atoms with E-state index in [1.54, 1.807) is 6.08 Å². The highest BCUT2D eigenvalue weighted by Gasteiger charge is 2.02. The average Bonchev–Trinajstić information content (AvgIpc) is 2.70. The molecule has 0 aliphatic carbocycles. The lowest BCUT2D eigenvalue weighted by Gasteiger charge is -1.95. The number of esters is 1. The van der Waals surface area contributed by atoms with Crippen molar-refractivity contribution in [2.45, 2.75) is 6.92 Å². The molecular formula is C13H13NO2. The minimum atomic E-state index is -0.345. The largest absolute Gasteiger partial charge is 0.466 e. The van der Waals surface area contributed by atoms with E-state index in [-0.39, 0.29) is 5.97 Å². The van der Waals surface area contributed by atoms with E-state index in [9.17, 15) is 4.79 Å². The number of hydrogen-bond acceptors (Lipinski definition) is 2. The quantitative estimate of drug-likeness (QED) is 0.618. The van der Waals surface area contributed by atoms with Crippen LogP contribution in [-0.4, -0.2) is 18.1 Å². The Balaban J connectivity index is 2.43. The number of para-hydroxylation sites is 1. The molecule has 1 aromatic heterocycles. The normalized spacial score (nSPS) is 11.1. The zero-order chi connectivity index (χ0) is 11.5. The molecule has 16 heavy (non-hydrogen) atoms. The van der Waals surface area contributed by atoms with Crippen LogP contribution in [0.15, 0.2) is 30.5 Å². The molecule has 1 heterocycles. The molecule has 0 atom stereocenters. The molecule has 2 aromatic rings. The second-order valence-electron chi connectivity index (χ2n) is 3.60. The molecule has 2 rings (SSSR count). The number of aromatic nitrogens is 1. The minimum absolute atomic E-state index is 0.345. The van der Waals surface area contributed by atoms with Gasteiger partial charge in [-0.2, -0.15) is 0 Å². The fourth-order valence-corrected chi connectivity index (χ4v) is 1.69. The summed E-state index contributed by atoms with van der Waals surface area (Å²) in [6, 6.07) is 6.07. The summed E-state index contributed by atoms with van der Waals surface area (Å²) >= 11 is 0. The summed E-state index contributed by atoms with van der Waals surface area (Å²) < 4.78 is 4.55. The Kier molecular flexibility index (Phi) is 2.77. The lowest BCUT2D eigenvalue weighted by molar-refractivity contribution is -0.134. The highest BCUT2D eigenvalue weighted by atomic mass is 16.5. The van der Waals surface area contributed by atoms with E-state index < -0.39 is 0 Å². The molecule has 1 aromatic carbocycles. The van der Waals surface area contributed by atoms with Crippen molar-refractivity contribution in [2.75, 3.05) is 7.11 Å². The van der Waals surface area contributed by atoms with Gasteiger partial charge in [0, 0.05) is 28.7 Å². The van der Waals surface area contributed by atoms with Crippen LogP contribution in [0.3, 0.4) is 0 Å². The SMILES string of the molecule is COC(=O)/C=C/c1c[nH]c2c(C)cccc12. The molecule has 0 fully saturated rings. The van der Waals surface area contributed by atoms with Crippen LogP contribution < -0.4 is 0 Å². The molecule has 0 spiro atoms. The third-order valence-corrected chi connectivity index (χ3v) is 2.56. The third kappa shape index (κ3) is 1.84. The molecule has 1 N–H and O–H groups in total. The Morgan fingerprint density at radius 2 is 2.25 bits per heavy atom. The fourth-order valence-electron chi connectivity index (χ4n) is 1.69. The van der Waals surface area contributed by atoms with Crippen LogP contribution in [0.1, 0.15) is 11.1 Å². The number of hydrogen-bond donors (Lipinski definition) is 1. The molecule has 0 saturated heterocycles. The third-order valence-electron chi connectivity index (χ3n) is 2.56. The number of benzene rings is 1. The molecule has 0 aliphatic heterocycles. The summed E-state index contributed by atoms with van der Waals surface area (Å²) in [7, 11) is 1.37. The first-order valence-electron chi connectivity index (χ1n) is 5.05. The van der Waals surface area contributed by atoms with Crippen LogP contribution in [0.4, 0.5) is 0 Å². The number of carbonyl (C=O) groups excluding carboxylic acids is 1. The zero-order valence-corrected chi connectivity index (χ0v) is 9.28. The van der Waals surface area contributed by atoms with Crippen LogP contribution >= 0.6 is 0 Å². The predicted molar refractivity (Wildman–Crippen MR) is 64.1 cm³/mol. The van der Waals surface area contributed by atoms with Gasteiger partial charge < -0.3 is 9.72 Å².